The van der Waals surface area contributed by atoms with Crippen LogP contribution in [0.5, 0.6) is 0 Å². The molecule has 0 radical (unpaired) electrons. The Morgan fingerprint density at radius 1 is 1.24 bits per heavy atom. The van der Waals surface area contributed by atoms with Crippen molar-refractivity contribution in [1.82, 2.24) is 10.1 Å². The van der Waals surface area contributed by atoms with Crippen LogP contribution in [0.3, 0.4) is 0 Å². The Hall–Kier alpha value is -3.62. The van der Waals surface area contributed by atoms with Gasteiger partial charge in [0.25, 0.3) is 17.5 Å². The summed E-state index contributed by atoms with van der Waals surface area (Å²) in [4.78, 5) is 26.3. The average molecular weight is 342 g/mol. The van der Waals surface area contributed by atoms with Crippen LogP contribution in [-0.4, -0.2) is 21.0 Å². The van der Waals surface area contributed by atoms with Crippen molar-refractivity contribution in [3.05, 3.63) is 69.8 Å². The van der Waals surface area contributed by atoms with Gasteiger partial charge in [-0.25, -0.2) is 4.39 Å². The number of amides is 1. The van der Waals surface area contributed by atoms with Crippen molar-refractivity contribution in [2.45, 2.75) is 6.92 Å². The van der Waals surface area contributed by atoms with E-state index >= 15 is 0 Å². The summed E-state index contributed by atoms with van der Waals surface area (Å²) in [7, 11) is 0. The van der Waals surface area contributed by atoms with Crippen molar-refractivity contribution < 1.29 is 18.6 Å². The van der Waals surface area contributed by atoms with Gasteiger partial charge in [-0.05, 0) is 37.3 Å². The highest BCUT2D eigenvalue weighted by molar-refractivity contribution is 6.04. The molecule has 126 valence electrons. The van der Waals surface area contributed by atoms with Gasteiger partial charge in [0.15, 0.2) is 5.82 Å². The standard InChI is InChI=1S/C16H11FN4O4/c1-9-18-16(25-20-9)11-4-2-10(3-5-11)15(22)19-14-8-12(21(23)24)6-7-13(14)17/h2-8H,1H3,(H,19,22). The number of nitrogens with one attached hydrogen (secondary N) is 1. The predicted molar refractivity (Wildman–Crippen MR) is 85.5 cm³/mol. The van der Waals surface area contributed by atoms with Gasteiger partial charge >= 0.3 is 0 Å². The lowest BCUT2D eigenvalue weighted by molar-refractivity contribution is -0.384. The number of benzene rings is 2. The first-order chi connectivity index (χ1) is 11.9. The number of aromatic nitrogens is 2. The van der Waals surface area contributed by atoms with E-state index in [0.717, 1.165) is 18.2 Å². The molecule has 0 atom stereocenters. The van der Waals surface area contributed by atoms with Crippen molar-refractivity contribution in [3.8, 4) is 11.5 Å². The van der Waals surface area contributed by atoms with E-state index in [0.29, 0.717) is 17.3 Å². The van der Waals surface area contributed by atoms with Gasteiger partial charge in [-0.15, -0.1) is 0 Å². The third-order valence-corrected chi connectivity index (χ3v) is 3.33. The zero-order valence-corrected chi connectivity index (χ0v) is 12.9. The summed E-state index contributed by atoms with van der Waals surface area (Å²) >= 11 is 0. The van der Waals surface area contributed by atoms with Gasteiger partial charge < -0.3 is 9.84 Å². The van der Waals surface area contributed by atoms with Gasteiger partial charge in [0.05, 0.1) is 10.6 Å². The molecular formula is C16H11FN4O4. The summed E-state index contributed by atoms with van der Waals surface area (Å²) in [5.41, 5.74) is 0.277. The smallest absolute Gasteiger partial charge is 0.271 e. The lowest BCUT2D eigenvalue weighted by Gasteiger charge is -2.06. The fourth-order valence-corrected chi connectivity index (χ4v) is 2.10. The first-order valence-corrected chi connectivity index (χ1v) is 7.10. The molecule has 0 aliphatic rings. The second-order valence-electron chi connectivity index (χ2n) is 5.10. The van der Waals surface area contributed by atoms with Gasteiger partial charge in [-0.3, -0.25) is 14.9 Å². The summed E-state index contributed by atoms with van der Waals surface area (Å²) < 4.78 is 18.8. The molecular weight excluding hydrogens is 331 g/mol. The summed E-state index contributed by atoms with van der Waals surface area (Å²) in [5.74, 6) is -0.572. The fraction of sp³-hybridized carbons (Fsp3) is 0.0625. The minimum atomic E-state index is -0.767. The van der Waals surface area contributed by atoms with E-state index in [2.05, 4.69) is 15.5 Å². The van der Waals surface area contributed by atoms with Gasteiger partial charge in [0.2, 0.25) is 0 Å². The van der Waals surface area contributed by atoms with E-state index < -0.39 is 16.6 Å². The van der Waals surface area contributed by atoms with Gasteiger partial charge in [-0.1, -0.05) is 5.16 Å². The van der Waals surface area contributed by atoms with E-state index in [1.807, 2.05) is 0 Å². The maximum Gasteiger partial charge on any atom is 0.271 e. The average Bonchev–Trinajstić information content (AvgIpc) is 3.03. The molecule has 0 saturated carbocycles. The molecule has 9 heteroatoms. The highest BCUT2D eigenvalue weighted by atomic mass is 19.1. The van der Waals surface area contributed by atoms with Crippen molar-refractivity contribution in [1.29, 1.82) is 0 Å². The van der Waals surface area contributed by atoms with E-state index in [1.165, 1.54) is 12.1 Å². The highest BCUT2D eigenvalue weighted by Crippen LogP contribution is 2.22. The minimum Gasteiger partial charge on any atom is -0.334 e. The Labute approximate surface area is 140 Å². The summed E-state index contributed by atoms with van der Waals surface area (Å²) in [6.45, 7) is 1.68. The lowest BCUT2D eigenvalue weighted by Crippen LogP contribution is -2.13. The van der Waals surface area contributed by atoms with Crippen molar-refractivity contribution >= 4 is 17.3 Å². The highest BCUT2D eigenvalue weighted by Gasteiger charge is 2.15. The Bertz CT molecular complexity index is 953. The molecule has 0 aliphatic carbocycles. The summed E-state index contributed by atoms with van der Waals surface area (Å²) in [6.07, 6.45) is 0. The van der Waals surface area contributed by atoms with E-state index in [1.54, 1.807) is 19.1 Å². The largest absolute Gasteiger partial charge is 0.334 e. The third kappa shape index (κ3) is 3.50. The number of aryl methyl sites for hydroxylation is 1. The van der Waals surface area contributed by atoms with Crippen LogP contribution in [0.4, 0.5) is 15.8 Å². The number of hydrogen-bond donors (Lipinski definition) is 1. The second-order valence-corrected chi connectivity index (χ2v) is 5.10. The zero-order chi connectivity index (χ0) is 18.0. The Morgan fingerprint density at radius 2 is 1.96 bits per heavy atom. The summed E-state index contributed by atoms with van der Waals surface area (Å²) in [5, 5.41) is 16.7. The van der Waals surface area contributed by atoms with Crippen LogP contribution < -0.4 is 5.32 Å². The quantitative estimate of drug-likeness (QED) is 0.575. The Balaban J connectivity index is 1.80. The van der Waals surface area contributed by atoms with Crippen LogP contribution >= 0.6 is 0 Å². The molecule has 8 nitrogen and oxygen atoms in total. The lowest BCUT2D eigenvalue weighted by atomic mass is 10.1. The number of non-ortho nitro benzene ring substituents is 1. The van der Waals surface area contributed by atoms with Crippen LogP contribution in [0.15, 0.2) is 47.0 Å². The van der Waals surface area contributed by atoms with Crippen LogP contribution in [0, 0.1) is 22.9 Å². The van der Waals surface area contributed by atoms with Gasteiger partial charge in [0, 0.05) is 23.3 Å². The molecule has 1 N–H and O–H groups in total. The SMILES string of the molecule is Cc1noc(-c2ccc(C(=O)Nc3cc([N+](=O)[O-])ccc3F)cc2)n1. The third-order valence-electron chi connectivity index (χ3n) is 3.33. The first kappa shape index (κ1) is 16.2. The monoisotopic (exact) mass is 342 g/mol. The van der Waals surface area contributed by atoms with Crippen LogP contribution in [0.1, 0.15) is 16.2 Å². The molecule has 1 aromatic heterocycles. The van der Waals surface area contributed by atoms with Gasteiger partial charge in [-0.2, -0.15) is 4.98 Å². The van der Waals surface area contributed by atoms with Crippen molar-refractivity contribution in [2.24, 2.45) is 0 Å². The predicted octanol–water partition coefficient (Wildman–Crippen LogP) is 3.34. The van der Waals surface area contributed by atoms with Crippen LogP contribution in [0.25, 0.3) is 11.5 Å². The van der Waals surface area contributed by atoms with E-state index in [4.69, 9.17) is 4.52 Å². The van der Waals surface area contributed by atoms with E-state index in [-0.39, 0.29) is 16.9 Å². The van der Waals surface area contributed by atoms with Crippen molar-refractivity contribution in [2.75, 3.05) is 5.32 Å². The van der Waals surface area contributed by atoms with Gasteiger partial charge in [0.1, 0.15) is 5.82 Å². The normalized spacial score (nSPS) is 10.5. The maximum atomic E-state index is 13.7. The Kier molecular flexibility index (Phi) is 4.21. The topological polar surface area (TPSA) is 111 Å². The second kappa shape index (κ2) is 6.48. The molecule has 0 saturated heterocycles. The molecule has 1 amide bonds. The molecule has 0 aliphatic heterocycles. The van der Waals surface area contributed by atoms with Crippen LogP contribution in [-0.2, 0) is 0 Å². The number of nitro groups is 1. The molecule has 0 unspecified atom stereocenters. The number of carbonyl (C=O) groups excluding carboxylic acids is 1. The fourth-order valence-electron chi connectivity index (χ4n) is 2.10. The molecule has 3 rings (SSSR count). The zero-order valence-electron chi connectivity index (χ0n) is 12.9. The minimum absolute atomic E-state index is 0.242. The number of nitro benzene ring substituents is 1. The molecule has 0 bridgehead atoms. The molecule has 3 aromatic rings. The number of hydrogen-bond acceptors (Lipinski definition) is 6. The summed E-state index contributed by atoms with van der Waals surface area (Å²) in [6, 6.07) is 9.11. The first-order valence-electron chi connectivity index (χ1n) is 7.10. The maximum absolute atomic E-state index is 13.7. The molecule has 0 fully saturated rings. The van der Waals surface area contributed by atoms with E-state index in [9.17, 15) is 19.3 Å². The molecule has 2 aromatic carbocycles. The Morgan fingerprint density at radius 3 is 2.56 bits per heavy atom. The van der Waals surface area contributed by atoms with Crippen LogP contribution in [0.2, 0.25) is 0 Å². The molecule has 1 heterocycles. The van der Waals surface area contributed by atoms with Crippen molar-refractivity contribution in [3.63, 3.8) is 0 Å². The number of anilines is 1. The number of halogens is 1. The number of carbonyl (C=O) groups is 1. The molecule has 25 heavy (non-hydrogen) atoms. The number of nitrogens with zero attached hydrogens (tertiary/aromatic N) is 3. The molecule has 0 spiro atoms. The number of rotatable bonds is 4.